The lowest BCUT2D eigenvalue weighted by Gasteiger charge is -2.24. The summed E-state index contributed by atoms with van der Waals surface area (Å²) in [6, 6.07) is 0.620. The monoisotopic (exact) mass is 185 g/mol. The number of nitrogens with one attached hydrogen (secondary N) is 1. The van der Waals surface area contributed by atoms with E-state index in [1.165, 1.54) is 25.7 Å². The Bertz CT molecular complexity index is 132. The lowest BCUT2D eigenvalue weighted by Crippen LogP contribution is -2.32. The van der Waals surface area contributed by atoms with Crippen molar-refractivity contribution in [2.75, 3.05) is 13.7 Å². The highest BCUT2D eigenvalue weighted by Crippen LogP contribution is 2.23. The Morgan fingerprint density at radius 1 is 1.54 bits per heavy atom. The van der Waals surface area contributed by atoms with Gasteiger partial charge in [-0.15, -0.1) is 0 Å². The molecule has 0 aromatic heterocycles. The minimum Gasteiger partial charge on any atom is -0.378 e. The lowest BCUT2D eigenvalue weighted by molar-refractivity contribution is 0.0837. The molecule has 1 saturated heterocycles. The number of hydrogen-bond donors (Lipinski definition) is 1. The Morgan fingerprint density at radius 3 is 2.77 bits per heavy atom. The van der Waals surface area contributed by atoms with Gasteiger partial charge >= 0.3 is 0 Å². The van der Waals surface area contributed by atoms with Crippen LogP contribution in [0.3, 0.4) is 0 Å². The second-order valence-electron chi connectivity index (χ2n) is 4.12. The van der Waals surface area contributed by atoms with Crippen LogP contribution >= 0.6 is 0 Å². The summed E-state index contributed by atoms with van der Waals surface area (Å²) < 4.78 is 5.65. The molecule has 1 aliphatic rings. The van der Waals surface area contributed by atoms with E-state index in [0.29, 0.717) is 12.1 Å². The van der Waals surface area contributed by atoms with Gasteiger partial charge in [-0.2, -0.15) is 0 Å². The molecule has 2 heteroatoms. The smallest absolute Gasteiger partial charge is 0.0579 e. The van der Waals surface area contributed by atoms with Gasteiger partial charge in [-0.1, -0.05) is 13.3 Å². The quantitative estimate of drug-likeness (QED) is 0.709. The summed E-state index contributed by atoms with van der Waals surface area (Å²) in [4.78, 5) is 0. The second-order valence-corrected chi connectivity index (χ2v) is 4.12. The highest BCUT2D eigenvalue weighted by atomic mass is 16.5. The fourth-order valence-electron chi connectivity index (χ4n) is 2.13. The van der Waals surface area contributed by atoms with Crippen molar-refractivity contribution in [3.8, 4) is 0 Å². The van der Waals surface area contributed by atoms with Crippen LogP contribution in [0.2, 0.25) is 0 Å². The maximum absolute atomic E-state index is 5.65. The summed E-state index contributed by atoms with van der Waals surface area (Å²) in [7, 11) is 2.04. The zero-order valence-electron chi connectivity index (χ0n) is 9.18. The Labute approximate surface area is 82.0 Å². The predicted molar refractivity (Wildman–Crippen MR) is 55.9 cm³/mol. The van der Waals surface area contributed by atoms with Crippen LogP contribution in [0.1, 0.15) is 39.5 Å². The van der Waals surface area contributed by atoms with Crippen molar-refractivity contribution in [1.82, 2.24) is 5.32 Å². The maximum atomic E-state index is 5.65. The second kappa shape index (κ2) is 5.61. The van der Waals surface area contributed by atoms with Gasteiger partial charge in [0.2, 0.25) is 0 Å². The Morgan fingerprint density at radius 2 is 2.31 bits per heavy atom. The molecule has 0 amide bonds. The molecule has 78 valence electrons. The SMILES string of the molecule is CCC(CC1CCCO1)C(C)NC. The number of hydrogen-bond acceptors (Lipinski definition) is 2. The molecule has 1 rings (SSSR count). The summed E-state index contributed by atoms with van der Waals surface area (Å²) in [6.07, 6.45) is 5.56. The van der Waals surface area contributed by atoms with Crippen LogP contribution in [0.25, 0.3) is 0 Å². The van der Waals surface area contributed by atoms with Crippen molar-refractivity contribution < 1.29 is 4.74 Å². The minimum atomic E-state index is 0.542. The van der Waals surface area contributed by atoms with E-state index in [1.807, 2.05) is 7.05 Å². The molecular formula is C11H23NO. The van der Waals surface area contributed by atoms with Crippen molar-refractivity contribution in [2.24, 2.45) is 5.92 Å². The van der Waals surface area contributed by atoms with Crippen LogP contribution in [-0.4, -0.2) is 25.8 Å². The molecule has 3 unspecified atom stereocenters. The first-order valence-electron chi connectivity index (χ1n) is 5.56. The zero-order chi connectivity index (χ0) is 9.68. The van der Waals surface area contributed by atoms with Gasteiger partial charge in [0.25, 0.3) is 0 Å². The van der Waals surface area contributed by atoms with Crippen LogP contribution < -0.4 is 5.32 Å². The van der Waals surface area contributed by atoms with Crippen molar-refractivity contribution >= 4 is 0 Å². The third-order valence-corrected chi connectivity index (χ3v) is 3.28. The van der Waals surface area contributed by atoms with E-state index in [2.05, 4.69) is 19.2 Å². The normalized spacial score (nSPS) is 27.5. The van der Waals surface area contributed by atoms with Gasteiger partial charge in [0, 0.05) is 12.6 Å². The van der Waals surface area contributed by atoms with E-state index in [4.69, 9.17) is 4.74 Å². The minimum absolute atomic E-state index is 0.542. The molecule has 1 aliphatic heterocycles. The van der Waals surface area contributed by atoms with Crippen LogP contribution in [-0.2, 0) is 4.74 Å². The third kappa shape index (κ3) is 3.28. The molecule has 1 N–H and O–H groups in total. The average molecular weight is 185 g/mol. The average Bonchev–Trinajstić information content (AvgIpc) is 2.65. The molecule has 0 aromatic carbocycles. The van der Waals surface area contributed by atoms with Gasteiger partial charge in [-0.05, 0) is 39.2 Å². The Balaban J connectivity index is 2.29. The summed E-state index contributed by atoms with van der Waals surface area (Å²) in [5, 5.41) is 3.33. The summed E-state index contributed by atoms with van der Waals surface area (Å²) >= 11 is 0. The first kappa shape index (κ1) is 11.0. The van der Waals surface area contributed by atoms with Crippen molar-refractivity contribution in [1.29, 1.82) is 0 Å². The van der Waals surface area contributed by atoms with Crippen LogP contribution in [0.15, 0.2) is 0 Å². The highest BCUT2D eigenvalue weighted by molar-refractivity contribution is 4.75. The maximum Gasteiger partial charge on any atom is 0.0579 e. The van der Waals surface area contributed by atoms with Crippen molar-refractivity contribution in [3.63, 3.8) is 0 Å². The molecule has 0 bridgehead atoms. The Kier molecular flexibility index (Phi) is 4.74. The highest BCUT2D eigenvalue weighted by Gasteiger charge is 2.22. The van der Waals surface area contributed by atoms with Crippen LogP contribution in [0.4, 0.5) is 0 Å². The molecule has 0 aliphatic carbocycles. The van der Waals surface area contributed by atoms with Crippen molar-refractivity contribution in [2.45, 2.75) is 51.7 Å². The van der Waals surface area contributed by atoms with Gasteiger partial charge in [0.1, 0.15) is 0 Å². The van der Waals surface area contributed by atoms with E-state index in [1.54, 1.807) is 0 Å². The van der Waals surface area contributed by atoms with Gasteiger partial charge in [-0.25, -0.2) is 0 Å². The van der Waals surface area contributed by atoms with Crippen LogP contribution in [0.5, 0.6) is 0 Å². The molecule has 0 spiro atoms. The topological polar surface area (TPSA) is 21.3 Å². The van der Waals surface area contributed by atoms with E-state index >= 15 is 0 Å². The summed E-state index contributed by atoms with van der Waals surface area (Å²) in [5.74, 6) is 0.771. The molecule has 13 heavy (non-hydrogen) atoms. The van der Waals surface area contributed by atoms with Gasteiger partial charge in [0.15, 0.2) is 0 Å². The molecule has 0 aromatic rings. The standard InChI is InChI=1S/C11H23NO/c1-4-10(9(2)12-3)8-11-6-5-7-13-11/h9-12H,4-8H2,1-3H3. The molecule has 3 atom stereocenters. The van der Waals surface area contributed by atoms with Gasteiger partial charge in [0.05, 0.1) is 6.10 Å². The Hall–Kier alpha value is -0.0800. The zero-order valence-corrected chi connectivity index (χ0v) is 9.18. The van der Waals surface area contributed by atoms with Gasteiger partial charge in [-0.3, -0.25) is 0 Å². The summed E-state index contributed by atoms with van der Waals surface area (Å²) in [5.41, 5.74) is 0. The van der Waals surface area contributed by atoms with E-state index < -0.39 is 0 Å². The fraction of sp³-hybridized carbons (Fsp3) is 1.00. The first-order valence-corrected chi connectivity index (χ1v) is 5.56. The number of ether oxygens (including phenoxy) is 1. The molecular weight excluding hydrogens is 162 g/mol. The van der Waals surface area contributed by atoms with Crippen molar-refractivity contribution in [3.05, 3.63) is 0 Å². The van der Waals surface area contributed by atoms with Crippen LogP contribution in [0, 0.1) is 5.92 Å². The fourth-order valence-corrected chi connectivity index (χ4v) is 2.13. The van der Waals surface area contributed by atoms with E-state index in [-0.39, 0.29) is 0 Å². The molecule has 0 saturated carbocycles. The summed E-state index contributed by atoms with van der Waals surface area (Å²) in [6.45, 7) is 5.52. The molecule has 0 radical (unpaired) electrons. The lowest BCUT2D eigenvalue weighted by atomic mass is 9.91. The third-order valence-electron chi connectivity index (χ3n) is 3.28. The first-order chi connectivity index (χ1) is 6.27. The van der Waals surface area contributed by atoms with Gasteiger partial charge < -0.3 is 10.1 Å². The molecule has 1 heterocycles. The number of rotatable bonds is 5. The molecule has 2 nitrogen and oxygen atoms in total. The van der Waals surface area contributed by atoms with E-state index in [9.17, 15) is 0 Å². The molecule has 1 fully saturated rings. The largest absolute Gasteiger partial charge is 0.378 e. The van der Waals surface area contributed by atoms with E-state index in [0.717, 1.165) is 12.5 Å². The predicted octanol–water partition coefficient (Wildman–Crippen LogP) is 2.19.